The Labute approximate surface area is 196 Å². The summed E-state index contributed by atoms with van der Waals surface area (Å²) in [6.45, 7) is 0. The second-order valence-electron chi connectivity index (χ2n) is 8.23. The molecule has 2 N–H and O–H groups in total. The predicted molar refractivity (Wildman–Crippen MR) is 126 cm³/mol. The van der Waals surface area contributed by atoms with E-state index in [0.29, 0.717) is 6.42 Å². The summed E-state index contributed by atoms with van der Waals surface area (Å²) >= 11 is 4.02. The van der Waals surface area contributed by atoms with Crippen molar-refractivity contribution in [3.05, 3.63) is 0 Å². The van der Waals surface area contributed by atoms with Gasteiger partial charge in [-0.25, -0.2) is 0 Å². The summed E-state index contributed by atoms with van der Waals surface area (Å²) in [5, 5.41) is 10.5. The summed E-state index contributed by atoms with van der Waals surface area (Å²) in [6.07, 6.45) is 11.5. The number of amides is 1. The minimum atomic E-state index is -4.83. The Morgan fingerprint density at radius 2 is 1.22 bits per heavy atom. The summed E-state index contributed by atoms with van der Waals surface area (Å²) in [7, 11) is 0. The second kappa shape index (κ2) is 20.3. The van der Waals surface area contributed by atoms with Crippen molar-refractivity contribution in [2.24, 2.45) is 0 Å². The van der Waals surface area contributed by atoms with Crippen molar-refractivity contribution < 1.29 is 27.9 Å². The molecule has 0 aromatic carbocycles. The highest BCUT2D eigenvalue weighted by Gasteiger charge is 2.39. The molecule has 1 unspecified atom stereocenters. The zero-order chi connectivity index (χ0) is 24.1. The van der Waals surface area contributed by atoms with E-state index < -0.39 is 24.1 Å². The normalized spacial score (nSPS) is 12.1. The molecule has 0 fully saturated rings. The standard InChI is InChI=1S/C24H40F3NO3S/c25-24(26,27)23(31)28-21(20-32)18-16-14-12-10-8-6-4-2-1-3-5-7-9-11-13-15-17-19-22(29)30/h21,32H,1-6,8,10-20H2,(H,28,31)(H,29,30). The Morgan fingerprint density at radius 1 is 0.781 bits per heavy atom. The number of alkyl halides is 3. The van der Waals surface area contributed by atoms with Crippen LogP contribution in [0.2, 0.25) is 0 Å². The van der Waals surface area contributed by atoms with Gasteiger partial charge in [-0.3, -0.25) is 9.59 Å². The van der Waals surface area contributed by atoms with Gasteiger partial charge in [-0.1, -0.05) is 64.2 Å². The number of hydrogen-bond donors (Lipinski definition) is 3. The quantitative estimate of drug-likeness (QED) is 0.110. The number of carboxylic acids is 1. The smallest absolute Gasteiger partial charge is 0.471 e. The molecule has 0 heterocycles. The number of nitrogens with one attached hydrogen (secondary N) is 1. The maximum Gasteiger partial charge on any atom is 0.471 e. The fourth-order valence-electron chi connectivity index (χ4n) is 3.34. The number of hydrogen-bond acceptors (Lipinski definition) is 3. The lowest BCUT2D eigenvalue weighted by Crippen LogP contribution is -2.44. The van der Waals surface area contributed by atoms with Gasteiger partial charge in [0.2, 0.25) is 0 Å². The molecule has 0 saturated carbocycles. The maximum absolute atomic E-state index is 12.3. The number of carboxylic acid groups (broad SMARTS) is 1. The van der Waals surface area contributed by atoms with Crippen LogP contribution in [0.4, 0.5) is 13.2 Å². The molecule has 1 atom stereocenters. The third-order valence-corrected chi connectivity index (χ3v) is 5.68. The Hall–Kier alpha value is -1.36. The third-order valence-electron chi connectivity index (χ3n) is 5.23. The van der Waals surface area contributed by atoms with Gasteiger partial charge in [-0.15, -0.1) is 11.8 Å². The van der Waals surface area contributed by atoms with Crippen LogP contribution in [0.3, 0.4) is 0 Å². The summed E-state index contributed by atoms with van der Waals surface area (Å²) < 4.78 is 36.8. The molecule has 0 radical (unpaired) electrons. The lowest BCUT2D eigenvalue weighted by atomic mass is 10.0. The molecule has 0 saturated heterocycles. The second-order valence-corrected chi connectivity index (χ2v) is 8.60. The first-order valence-corrected chi connectivity index (χ1v) is 12.6. The van der Waals surface area contributed by atoms with Gasteiger partial charge in [0.05, 0.1) is 0 Å². The molecular formula is C24H40F3NO3S. The number of rotatable bonds is 19. The molecule has 0 aromatic rings. The number of carbonyl (C=O) groups excluding carboxylic acids is 1. The molecule has 0 aliphatic heterocycles. The van der Waals surface area contributed by atoms with Crippen molar-refractivity contribution >= 4 is 24.5 Å². The van der Waals surface area contributed by atoms with Crippen molar-refractivity contribution in [2.75, 3.05) is 5.75 Å². The third kappa shape index (κ3) is 20.5. The Balaban J connectivity index is 3.40. The molecule has 186 valence electrons. The van der Waals surface area contributed by atoms with Crippen LogP contribution in [0.15, 0.2) is 0 Å². The van der Waals surface area contributed by atoms with Gasteiger partial charge >= 0.3 is 18.1 Å². The fourth-order valence-corrected chi connectivity index (χ4v) is 3.61. The van der Waals surface area contributed by atoms with Gasteiger partial charge in [-0.2, -0.15) is 25.8 Å². The highest BCUT2D eigenvalue weighted by atomic mass is 32.1. The maximum atomic E-state index is 12.3. The van der Waals surface area contributed by atoms with Gasteiger partial charge in [-0.05, 0) is 25.7 Å². The van der Waals surface area contributed by atoms with Crippen molar-refractivity contribution in [2.45, 2.75) is 121 Å². The lowest BCUT2D eigenvalue weighted by Gasteiger charge is -2.17. The molecule has 0 aliphatic carbocycles. The van der Waals surface area contributed by atoms with E-state index in [1.165, 1.54) is 32.1 Å². The lowest BCUT2D eigenvalue weighted by molar-refractivity contribution is -0.174. The molecule has 0 aromatic heterocycles. The number of halogens is 3. The van der Waals surface area contributed by atoms with Gasteiger partial charge in [0.1, 0.15) is 0 Å². The number of unbranched alkanes of at least 4 members (excludes halogenated alkanes) is 13. The van der Waals surface area contributed by atoms with Crippen molar-refractivity contribution in [1.82, 2.24) is 5.32 Å². The molecule has 1 amide bonds. The van der Waals surface area contributed by atoms with E-state index in [1.807, 2.05) is 5.32 Å². The average molecular weight is 480 g/mol. The van der Waals surface area contributed by atoms with Crippen LogP contribution in [-0.4, -0.2) is 35.0 Å². The molecule has 32 heavy (non-hydrogen) atoms. The van der Waals surface area contributed by atoms with E-state index >= 15 is 0 Å². The van der Waals surface area contributed by atoms with Crippen molar-refractivity contribution in [3.8, 4) is 11.8 Å². The van der Waals surface area contributed by atoms with E-state index in [1.54, 1.807) is 0 Å². The van der Waals surface area contributed by atoms with Crippen LogP contribution in [0.25, 0.3) is 0 Å². The first kappa shape index (κ1) is 30.6. The average Bonchev–Trinajstić information content (AvgIpc) is 2.73. The largest absolute Gasteiger partial charge is 0.481 e. The molecular weight excluding hydrogens is 439 g/mol. The highest BCUT2D eigenvalue weighted by Crippen LogP contribution is 2.16. The van der Waals surface area contributed by atoms with Gasteiger partial charge in [0.15, 0.2) is 0 Å². The molecule has 8 heteroatoms. The van der Waals surface area contributed by atoms with E-state index in [4.69, 9.17) is 5.11 Å². The molecule has 0 bridgehead atoms. The molecule has 0 spiro atoms. The monoisotopic (exact) mass is 479 g/mol. The number of aliphatic carboxylic acids is 1. The minimum absolute atomic E-state index is 0.210. The Kier molecular flexibility index (Phi) is 19.4. The molecule has 4 nitrogen and oxygen atoms in total. The minimum Gasteiger partial charge on any atom is -0.481 e. The van der Waals surface area contributed by atoms with Crippen LogP contribution in [0.1, 0.15) is 109 Å². The zero-order valence-corrected chi connectivity index (χ0v) is 20.0. The highest BCUT2D eigenvalue weighted by molar-refractivity contribution is 7.80. The summed E-state index contributed by atoms with van der Waals surface area (Å²) in [6, 6.07) is -0.527. The first-order valence-electron chi connectivity index (χ1n) is 11.9. The predicted octanol–water partition coefficient (Wildman–Crippen LogP) is 6.68. The van der Waals surface area contributed by atoms with Crippen LogP contribution >= 0.6 is 12.6 Å². The summed E-state index contributed by atoms with van der Waals surface area (Å²) in [4.78, 5) is 21.3. The summed E-state index contributed by atoms with van der Waals surface area (Å²) in [5.74, 6) is 3.96. The van der Waals surface area contributed by atoms with E-state index in [9.17, 15) is 22.8 Å². The first-order chi connectivity index (χ1) is 15.3. The van der Waals surface area contributed by atoms with E-state index in [0.717, 1.165) is 64.2 Å². The topological polar surface area (TPSA) is 66.4 Å². The fraction of sp³-hybridized carbons (Fsp3) is 0.833. The van der Waals surface area contributed by atoms with E-state index in [2.05, 4.69) is 24.5 Å². The van der Waals surface area contributed by atoms with Gasteiger partial charge in [0, 0.05) is 31.1 Å². The Bertz CT molecular complexity index is 559. The SMILES string of the molecule is O=C(O)CCCCCC#CCCCCCCCCCCCCC(CS)NC(=O)C(F)(F)F. The number of thiol groups is 1. The van der Waals surface area contributed by atoms with Crippen LogP contribution < -0.4 is 5.32 Å². The van der Waals surface area contributed by atoms with Crippen LogP contribution in [0.5, 0.6) is 0 Å². The van der Waals surface area contributed by atoms with Crippen molar-refractivity contribution in [1.29, 1.82) is 0 Å². The zero-order valence-electron chi connectivity index (χ0n) is 19.2. The van der Waals surface area contributed by atoms with Gasteiger partial charge in [0.25, 0.3) is 0 Å². The Morgan fingerprint density at radius 3 is 1.66 bits per heavy atom. The van der Waals surface area contributed by atoms with Crippen LogP contribution in [-0.2, 0) is 9.59 Å². The molecule has 0 aliphatic rings. The van der Waals surface area contributed by atoms with Crippen LogP contribution in [0, 0.1) is 11.8 Å². The van der Waals surface area contributed by atoms with Gasteiger partial charge < -0.3 is 10.4 Å². The number of carbonyl (C=O) groups is 2. The van der Waals surface area contributed by atoms with E-state index in [-0.39, 0.29) is 12.2 Å². The molecule has 0 rings (SSSR count). The summed E-state index contributed by atoms with van der Waals surface area (Å²) in [5.41, 5.74) is 0. The van der Waals surface area contributed by atoms with Crippen molar-refractivity contribution in [3.63, 3.8) is 0 Å².